The molecule has 0 aliphatic carbocycles. The summed E-state index contributed by atoms with van der Waals surface area (Å²) in [5, 5.41) is 6.05. The van der Waals surface area contributed by atoms with E-state index in [4.69, 9.17) is 0 Å². The zero-order chi connectivity index (χ0) is 15.9. The Kier molecular flexibility index (Phi) is 5.81. The molecule has 0 radical (unpaired) electrons. The van der Waals surface area contributed by atoms with E-state index < -0.39 is 0 Å². The van der Waals surface area contributed by atoms with Crippen LogP contribution in [0.3, 0.4) is 0 Å². The second kappa shape index (κ2) is 7.82. The zero-order valence-corrected chi connectivity index (χ0v) is 13.7. The molecule has 5 nitrogen and oxygen atoms in total. The van der Waals surface area contributed by atoms with E-state index in [1.165, 1.54) is 12.8 Å². The van der Waals surface area contributed by atoms with Gasteiger partial charge in [0.25, 0.3) is 5.91 Å². The van der Waals surface area contributed by atoms with Gasteiger partial charge < -0.3 is 15.5 Å². The summed E-state index contributed by atoms with van der Waals surface area (Å²) in [6, 6.07) is 7.67. The van der Waals surface area contributed by atoms with E-state index in [-0.39, 0.29) is 5.91 Å². The molecule has 2 rings (SSSR count). The first-order valence-electron chi connectivity index (χ1n) is 7.90. The van der Waals surface area contributed by atoms with Gasteiger partial charge >= 0.3 is 0 Å². The molecule has 0 bridgehead atoms. The van der Waals surface area contributed by atoms with Gasteiger partial charge in [-0.25, -0.2) is 0 Å². The molecular weight excluding hydrogens is 276 g/mol. The number of aliphatic imine (C=N–C) groups is 1. The van der Waals surface area contributed by atoms with Crippen molar-refractivity contribution in [1.82, 2.24) is 15.5 Å². The fourth-order valence-electron chi connectivity index (χ4n) is 2.70. The molecule has 1 aromatic rings. The van der Waals surface area contributed by atoms with Gasteiger partial charge in [0, 0.05) is 39.3 Å². The lowest BCUT2D eigenvalue weighted by atomic mass is 9.99. The highest BCUT2D eigenvalue weighted by Gasteiger charge is 2.18. The third-order valence-electron chi connectivity index (χ3n) is 4.16. The van der Waals surface area contributed by atoms with Crippen molar-refractivity contribution in [2.75, 3.05) is 27.2 Å². The number of amides is 1. The highest BCUT2D eigenvalue weighted by molar-refractivity contribution is 5.94. The minimum absolute atomic E-state index is 0.0590. The first-order valence-corrected chi connectivity index (χ1v) is 7.90. The fourth-order valence-corrected chi connectivity index (χ4v) is 2.70. The third-order valence-corrected chi connectivity index (χ3v) is 4.16. The lowest BCUT2D eigenvalue weighted by Gasteiger charge is -2.32. The molecule has 5 heteroatoms. The first-order chi connectivity index (χ1) is 10.6. The number of nitrogens with one attached hydrogen (secondary N) is 2. The van der Waals surface area contributed by atoms with Crippen molar-refractivity contribution in [2.24, 2.45) is 10.9 Å². The predicted molar refractivity (Wildman–Crippen MR) is 90.0 cm³/mol. The largest absolute Gasteiger partial charge is 0.355 e. The highest BCUT2D eigenvalue weighted by Crippen LogP contribution is 2.16. The molecule has 1 saturated heterocycles. The van der Waals surface area contributed by atoms with Crippen LogP contribution in [0.4, 0.5) is 0 Å². The van der Waals surface area contributed by atoms with Crippen molar-refractivity contribution in [3.8, 4) is 0 Å². The number of carbonyl (C=O) groups is 1. The van der Waals surface area contributed by atoms with Crippen LogP contribution in [0.15, 0.2) is 29.3 Å². The Morgan fingerprint density at radius 3 is 2.73 bits per heavy atom. The molecule has 1 aromatic carbocycles. The minimum Gasteiger partial charge on any atom is -0.355 e. The lowest BCUT2D eigenvalue weighted by Crippen LogP contribution is -2.45. The number of hydrogen-bond donors (Lipinski definition) is 2. The van der Waals surface area contributed by atoms with Gasteiger partial charge in [0.15, 0.2) is 5.96 Å². The van der Waals surface area contributed by atoms with Gasteiger partial charge in [0.2, 0.25) is 0 Å². The number of benzene rings is 1. The summed E-state index contributed by atoms with van der Waals surface area (Å²) in [5.74, 6) is 1.69. The van der Waals surface area contributed by atoms with Crippen LogP contribution in [0.1, 0.15) is 35.7 Å². The van der Waals surface area contributed by atoms with Gasteiger partial charge in [-0.05, 0) is 36.5 Å². The summed E-state index contributed by atoms with van der Waals surface area (Å²) in [7, 11) is 3.47. The molecule has 1 aliphatic rings. The zero-order valence-electron chi connectivity index (χ0n) is 13.7. The standard InChI is InChI=1S/C17H26N4O/c1-13-7-9-21(10-8-13)17(19-3)20-12-14-5-4-6-15(11-14)16(22)18-2/h4-6,11,13H,7-10,12H2,1-3H3,(H,18,22)(H,19,20). The van der Waals surface area contributed by atoms with Gasteiger partial charge in [0.1, 0.15) is 0 Å². The Bertz CT molecular complexity index is 533. The summed E-state index contributed by atoms with van der Waals surface area (Å²) in [4.78, 5) is 18.4. The van der Waals surface area contributed by atoms with E-state index in [9.17, 15) is 4.79 Å². The highest BCUT2D eigenvalue weighted by atomic mass is 16.1. The SMILES string of the molecule is CN=C(NCc1cccc(C(=O)NC)c1)N1CCC(C)CC1. The molecule has 0 saturated carbocycles. The van der Waals surface area contributed by atoms with Crippen LogP contribution in [-0.4, -0.2) is 44.0 Å². The minimum atomic E-state index is -0.0590. The van der Waals surface area contributed by atoms with Crippen molar-refractivity contribution < 1.29 is 4.79 Å². The van der Waals surface area contributed by atoms with Crippen LogP contribution in [0.2, 0.25) is 0 Å². The molecule has 2 N–H and O–H groups in total. The average molecular weight is 302 g/mol. The quantitative estimate of drug-likeness (QED) is 0.662. The van der Waals surface area contributed by atoms with E-state index in [1.54, 1.807) is 7.05 Å². The Balaban J connectivity index is 1.95. The van der Waals surface area contributed by atoms with Crippen LogP contribution in [-0.2, 0) is 6.54 Å². The summed E-state index contributed by atoms with van der Waals surface area (Å²) < 4.78 is 0. The normalized spacial score (nSPS) is 16.5. The number of likely N-dealkylation sites (tertiary alicyclic amines) is 1. The summed E-state index contributed by atoms with van der Waals surface area (Å²) in [5.41, 5.74) is 1.76. The second-order valence-corrected chi connectivity index (χ2v) is 5.85. The van der Waals surface area contributed by atoms with Crippen molar-refractivity contribution in [3.05, 3.63) is 35.4 Å². The maximum absolute atomic E-state index is 11.7. The second-order valence-electron chi connectivity index (χ2n) is 5.85. The molecule has 0 unspecified atom stereocenters. The molecule has 1 fully saturated rings. The van der Waals surface area contributed by atoms with E-state index in [0.717, 1.165) is 30.5 Å². The third kappa shape index (κ3) is 4.23. The molecule has 1 heterocycles. The number of rotatable bonds is 3. The molecule has 120 valence electrons. The van der Waals surface area contributed by atoms with Gasteiger partial charge in [0.05, 0.1) is 0 Å². The number of piperidine rings is 1. The van der Waals surface area contributed by atoms with Gasteiger partial charge in [-0.3, -0.25) is 9.79 Å². The maximum Gasteiger partial charge on any atom is 0.251 e. The smallest absolute Gasteiger partial charge is 0.251 e. The van der Waals surface area contributed by atoms with Gasteiger partial charge in [-0.15, -0.1) is 0 Å². The molecule has 22 heavy (non-hydrogen) atoms. The van der Waals surface area contributed by atoms with Gasteiger partial charge in [-0.1, -0.05) is 19.1 Å². The predicted octanol–water partition coefficient (Wildman–Crippen LogP) is 1.85. The van der Waals surface area contributed by atoms with Crippen LogP contribution in [0.25, 0.3) is 0 Å². The van der Waals surface area contributed by atoms with Crippen molar-refractivity contribution in [3.63, 3.8) is 0 Å². The van der Waals surface area contributed by atoms with E-state index in [0.29, 0.717) is 12.1 Å². The first kappa shape index (κ1) is 16.3. The molecule has 1 aliphatic heterocycles. The molecular formula is C17H26N4O. The number of hydrogen-bond acceptors (Lipinski definition) is 2. The van der Waals surface area contributed by atoms with Gasteiger partial charge in [-0.2, -0.15) is 0 Å². The monoisotopic (exact) mass is 302 g/mol. The van der Waals surface area contributed by atoms with Crippen molar-refractivity contribution in [1.29, 1.82) is 0 Å². The Labute approximate surface area is 132 Å². The van der Waals surface area contributed by atoms with E-state index in [2.05, 4.69) is 27.4 Å². The van der Waals surface area contributed by atoms with Crippen molar-refractivity contribution >= 4 is 11.9 Å². The van der Waals surface area contributed by atoms with Crippen LogP contribution in [0, 0.1) is 5.92 Å². The summed E-state index contributed by atoms with van der Waals surface area (Å²) in [6.45, 7) is 5.08. The lowest BCUT2D eigenvalue weighted by molar-refractivity contribution is 0.0963. The number of carbonyl (C=O) groups excluding carboxylic acids is 1. The molecule has 1 amide bonds. The van der Waals surface area contributed by atoms with Crippen molar-refractivity contribution in [2.45, 2.75) is 26.3 Å². The Morgan fingerprint density at radius 2 is 2.09 bits per heavy atom. The van der Waals surface area contributed by atoms with Crippen LogP contribution >= 0.6 is 0 Å². The van der Waals surface area contributed by atoms with Crippen LogP contribution in [0.5, 0.6) is 0 Å². The summed E-state index contributed by atoms with van der Waals surface area (Å²) >= 11 is 0. The number of nitrogens with zero attached hydrogens (tertiary/aromatic N) is 2. The van der Waals surface area contributed by atoms with E-state index >= 15 is 0 Å². The van der Waals surface area contributed by atoms with Crippen LogP contribution < -0.4 is 10.6 Å². The molecule has 0 spiro atoms. The number of guanidine groups is 1. The van der Waals surface area contributed by atoms with E-state index in [1.807, 2.05) is 31.3 Å². The molecule has 0 atom stereocenters. The topological polar surface area (TPSA) is 56.7 Å². The fraction of sp³-hybridized carbons (Fsp3) is 0.529. The molecule has 0 aromatic heterocycles. The average Bonchev–Trinajstić information content (AvgIpc) is 2.56. The Hall–Kier alpha value is -2.04. The summed E-state index contributed by atoms with van der Waals surface area (Å²) in [6.07, 6.45) is 2.43. The Morgan fingerprint density at radius 1 is 1.36 bits per heavy atom. The maximum atomic E-state index is 11.7.